The highest BCUT2D eigenvalue weighted by atomic mass is 16.6. The van der Waals surface area contributed by atoms with Crippen LogP contribution < -0.4 is 16.0 Å². The van der Waals surface area contributed by atoms with Crippen molar-refractivity contribution in [3.8, 4) is 0 Å². The Bertz CT molecular complexity index is 411. The molecule has 0 aliphatic heterocycles. The Morgan fingerprint density at radius 3 is 2.58 bits per heavy atom. The molecule has 1 aromatic rings. The molecule has 0 fully saturated rings. The SMILES string of the molecule is CC(C)(C)OC(=O)NCCNC(=O)Nc1ccon1. The standard InChI is InChI=1S/C11H18N4O4/c1-11(2,3)19-10(17)13-6-5-12-9(16)14-8-4-7-18-15-8/h4,7H,5-6H2,1-3H3,(H,13,17)(H2,12,14,15,16). The van der Waals surface area contributed by atoms with Crippen molar-refractivity contribution in [2.75, 3.05) is 18.4 Å². The molecule has 0 aromatic carbocycles. The van der Waals surface area contributed by atoms with Gasteiger partial charge in [-0.3, -0.25) is 5.32 Å². The first kappa shape index (κ1) is 14.8. The topological polar surface area (TPSA) is 105 Å². The first-order chi connectivity index (χ1) is 8.87. The van der Waals surface area contributed by atoms with Gasteiger partial charge < -0.3 is 19.9 Å². The number of hydrogen-bond donors (Lipinski definition) is 3. The molecule has 0 saturated carbocycles. The van der Waals surface area contributed by atoms with Crippen molar-refractivity contribution in [1.29, 1.82) is 0 Å². The predicted molar refractivity (Wildman–Crippen MR) is 67.8 cm³/mol. The third-order valence-electron chi connectivity index (χ3n) is 1.76. The van der Waals surface area contributed by atoms with Crippen molar-refractivity contribution in [3.63, 3.8) is 0 Å². The van der Waals surface area contributed by atoms with E-state index in [2.05, 4.69) is 25.6 Å². The molecular formula is C11H18N4O4. The molecule has 0 atom stereocenters. The van der Waals surface area contributed by atoms with Crippen LogP contribution in [0.15, 0.2) is 16.9 Å². The second-order valence-corrected chi connectivity index (χ2v) is 4.69. The lowest BCUT2D eigenvalue weighted by atomic mass is 10.2. The van der Waals surface area contributed by atoms with Gasteiger partial charge in [0.25, 0.3) is 0 Å². The lowest BCUT2D eigenvalue weighted by Crippen LogP contribution is -2.39. The van der Waals surface area contributed by atoms with Crippen LogP contribution in [0, 0.1) is 0 Å². The van der Waals surface area contributed by atoms with Crippen LogP contribution in [0.2, 0.25) is 0 Å². The van der Waals surface area contributed by atoms with Crippen molar-refractivity contribution >= 4 is 17.9 Å². The number of anilines is 1. The second-order valence-electron chi connectivity index (χ2n) is 4.69. The van der Waals surface area contributed by atoms with Crippen LogP contribution in [0.25, 0.3) is 0 Å². The Kier molecular flexibility index (Phi) is 5.16. The van der Waals surface area contributed by atoms with Crippen LogP contribution in [0.3, 0.4) is 0 Å². The Labute approximate surface area is 110 Å². The fraction of sp³-hybridized carbons (Fsp3) is 0.545. The zero-order chi connectivity index (χ0) is 14.3. The second kappa shape index (κ2) is 6.62. The summed E-state index contributed by atoms with van der Waals surface area (Å²) in [6, 6.07) is 1.08. The van der Waals surface area contributed by atoms with Gasteiger partial charge in [0.15, 0.2) is 5.82 Å². The van der Waals surface area contributed by atoms with Crippen molar-refractivity contribution in [1.82, 2.24) is 15.8 Å². The molecule has 0 aliphatic carbocycles. The maximum atomic E-state index is 11.3. The number of amides is 3. The molecule has 106 valence electrons. The number of ether oxygens (including phenoxy) is 1. The van der Waals surface area contributed by atoms with Crippen molar-refractivity contribution in [3.05, 3.63) is 12.3 Å². The summed E-state index contributed by atoms with van der Waals surface area (Å²) in [6.45, 7) is 5.85. The quantitative estimate of drug-likeness (QED) is 0.715. The summed E-state index contributed by atoms with van der Waals surface area (Å²) in [6.07, 6.45) is 0.825. The number of carbonyl (C=O) groups excluding carboxylic acids is 2. The summed E-state index contributed by atoms with van der Waals surface area (Å²) < 4.78 is 9.58. The van der Waals surface area contributed by atoms with Crippen molar-refractivity contribution < 1.29 is 18.8 Å². The van der Waals surface area contributed by atoms with Crippen LogP contribution >= 0.6 is 0 Å². The van der Waals surface area contributed by atoms with Crippen LogP contribution in [-0.4, -0.2) is 36.0 Å². The average molecular weight is 270 g/mol. The lowest BCUT2D eigenvalue weighted by molar-refractivity contribution is 0.0528. The molecule has 8 nitrogen and oxygen atoms in total. The number of urea groups is 1. The van der Waals surface area contributed by atoms with E-state index < -0.39 is 17.7 Å². The van der Waals surface area contributed by atoms with Gasteiger partial charge in [-0.1, -0.05) is 5.16 Å². The molecule has 8 heteroatoms. The highest BCUT2D eigenvalue weighted by Gasteiger charge is 2.15. The molecule has 19 heavy (non-hydrogen) atoms. The number of alkyl carbamates (subject to hydrolysis) is 1. The van der Waals surface area contributed by atoms with Gasteiger partial charge in [-0.05, 0) is 20.8 Å². The monoisotopic (exact) mass is 270 g/mol. The van der Waals surface area contributed by atoms with E-state index in [0.29, 0.717) is 5.82 Å². The molecule has 0 saturated heterocycles. The van der Waals surface area contributed by atoms with Gasteiger partial charge >= 0.3 is 12.1 Å². The maximum absolute atomic E-state index is 11.3. The molecular weight excluding hydrogens is 252 g/mol. The third kappa shape index (κ3) is 6.92. The van der Waals surface area contributed by atoms with E-state index in [1.165, 1.54) is 12.3 Å². The molecule has 3 amide bonds. The van der Waals surface area contributed by atoms with E-state index in [1.54, 1.807) is 20.8 Å². The van der Waals surface area contributed by atoms with Crippen LogP contribution in [0.4, 0.5) is 15.4 Å². The van der Waals surface area contributed by atoms with E-state index in [9.17, 15) is 9.59 Å². The van der Waals surface area contributed by atoms with Crippen LogP contribution in [-0.2, 0) is 4.74 Å². The summed E-state index contributed by atoms with van der Waals surface area (Å²) in [4.78, 5) is 22.6. The minimum atomic E-state index is -0.540. The first-order valence-corrected chi connectivity index (χ1v) is 5.79. The lowest BCUT2D eigenvalue weighted by Gasteiger charge is -2.19. The molecule has 1 rings (SSSR count). The highest BCUT2D eigenvalue weighted by molar-refractivity contribution is 5.88. The number of nitrogens with one attached hydrogen (secondary N) is 3. The fourth-order valence-corrected chi connectivity index (χ4v) is 1.09. The van der Waals surface area contributed by atoms with Crippen LogP contribution in [0.1, 0.15) is 20.8 Å². The van der Waals surface area contributed by atoms with Gasteiger partial charge in [0, 0.05) is 19.2 Å². The van der Waals surface area contributed by atoms with E-state index >= 15 is 0 Å². The zero-order valence-electron chi connectivity index (χ0n) is 11.1. The third-order valence-corrected chi connectivity index (χ3v) is 1.76. The highest BCUT2D eigenvalue weighted by Crippen LogP contribution is 2.06. The maximum Gasteiger partial charge on any atom is 0.407 e. The van der Waals surface area contributed by atoms with Gasteiger partial charge in [0.1, 0.15) is 11.9 Å². The smallest absolute Gasteiger partial charge is 0.407 e. The van der Waals surface area contributed by atoms with Gasteiger partial charge in [-0.2, -0.15) is 0 Å². The molecule has 0 aliphatic rings. The molecule has 0 radical (unpaired) electrons. The van der Waals surface area contributed by atoms with E-state index in [1.807, 2.05) is 0 Å². The number of hydrogen-bond acceptors (Lipinski definition) is 5. The van der Waals surface area contributed by atoms with Crippen molar-refractivity contribution in [2.45, 2.75) is 26.4 Å². The first-order valence-electron chi connectivity index (χ1n) is 5.79. The summed E-state index contributed by atoms with van der Waals surface area (Å²) in [7, 11) is 0. The van der Waals surface area contributed by atoms with E-state index in [0.717, 1.165) is 0 Å². The van der Waals surface area contributed by atoms with E-state index in [4.69, 9.17) is 4.74 Å². The Morgan fingerprint density at radius 2 is 2.00 bits per heavy atom. The fourth-order valence-electron chi connectivity index (χ4n) is 1.09. The number of aromatic nitrogens is 1. The average Bonchev–Trinajstić information content (AvgIpc) is 2.74. The molecule has 1 aromatic heterocycles. The molecule has 0 spiro atoms. The normalized spacial score (nSPS) is 10.7. The molecule has 0 unspecified atom stereocenters. The van der Waals surface area contributed by atoms with Gasteiger partial charge in [-0.15, -0.1) is 0 Å². The van der Waals surface area contributed by atoms with E-state index in [-0.39, 0.29) is 13.1 Å². The minimum absolute atomic E-state index is 0.265. The zero-order valence-corrected chi connectivity index (χ0v) is 11.1. The Morgan fingerprint density at radius 1 is 1.32 bits per heavy atom. The largest absolute Gasteiger partial charge is 0.444 e. The predicted octanol–water partition coefficient (Wildman–Crippen LogP) is 1.32. The van der Waals surface area contributed by atoms with Gasteiger partial charge in [0.2, 0.25) is 0 Å². The minimum Gasteiger partial charge on any atom is -0.444 e. The van der Waals surface area contributed by atoms with Gasteiger partial charge in [0.05, 0.1) is 0 Å². The number of rotatable bonds is 4. The summed E-state index contributed by atoms with van der Waals surface area (Å²) >= 11 is 0. The number of carbonyl (C=O) groups is 2. The molecule has 3 N–H and O–H groups in total. The van der Waals surface area contributed by atoms with Crippen molar-refractivity contribution in [2.24, 2.45) is 0 Å². The molecule has 0 bridgehead atoms. The Hall–Kier alpha value is -2.25. The van der Waals surface area contributed by atoms with Crippen LogP contribution in [0.5, 0.6) is 0 Å². The summed E-state index contributed by atoms with van der Waals surface area (Å²) in [5.74, 6) is 0.317. The molecule has 1 heterocycles. The van der Waals surface area contributed by atoms with Gasteiger partial charge in [-0.25, -0.2) is 9.59 Å². The summed E-state index contributed by atoms with van der Waals surface area (Å²) in [5.41, 5.74) is -0.540. The number of nitrogens with zero attached hydrogens (tertiary/aromatic N) is 1. The Balaban J connectivity index is 2.10. The summed E-state index contributed by atoms with van der Waals surface area (Å²) in [5, 5.41) is 11.0.